The Bertz CT molecular complexity index is 928. The first-order valence-corrected chi connectivity index (χ1v) is 13.1. The number of likely N-dealkylation sites (tertiary alicyclic amines) is 1. The van der Waals surface area contributed by atoms with E-state index in [0.29, 0.717) is 63.7 Å². The molecule has 0 aromatic heterocycles. The second kappa shape index (κ2) is 10.5. The van der Waals surface area contributed by atoms with Crippen LogP contribution in [0.2, 0.25) is 0 Å². The summed E-state index contributed by atoms with van der Waals surface area (Å²) in [5.41, 5.74) is 0.315. The monoisotopic (exact) mass is 480 g/mol. The third kappa shape index (κ3) is 5.40. The van der Waals surface area contributed by atoms with Crippen molar-refractivity contribution in [1.29, 1.82) is 0 Å². The first kappa shape index (κ1) is 24.1. The largest absolute Gasteiger partial charge is 0.462 e. The minimum atomic E-state index is -3.68. The molecule has 182 valence electrons. The van der Waals surface area contributed by atoms with E-state index in [4.69, 9.17) is 14.2 Å². The molecule has 0 saturated carbocycles. The Hall–Kier alpha value is -2.01. The molecular weight excluding hydrogens is 448 g/mol. The summed E-state index contributed by atoms with van der Waals surface area (Å²) >= 11 is 0. The summed E-state index contributed by atoms with van der Waals surface area (Å²) in [6.45, 7) is 5.25. The topological polar surface area (TPSA) is 102 Å². The van der Waals surface area contributed by atoms with Gasteiger partial charge in [0.05, 0.1) is 30.3 Å². The summed E-state index contributed by atoms with van der Waals surface area (Å²) in [6.07, 6.45) is 2.61. The first-order chi connectivity index (χ1) is 15.9. The molecule has 1 aromatic carbocycles. The number of carbonyl (C=O) groups excluding carboxylic acids is 2. The molecule has 0 atom stereocenters. The van der Waals surface area contributed by atoms with Gasteiger partial charge in [0.2, 0.25) is 15.9 Å². The number of ether oxygens (including phenoxy) is 3. The Labute approximate surface area is 195 Å². The summed E-state index contributed by atoms with van der Waals surface area (Å²) < 4.78 is 43.6. The van der Waals surface area contributed by atoms with E-state index >= 15 is 0 Å². The van der Waals surface area contributed by atoms with Crippen molar-refractivity contribution in [2.24, 2.45) is 11.8 Å². The Morgan fingerprint density at radius 3 is 2.15 bits per heavy atom. The van der Waals surface area contributed by atoms with Crippen molar-refractivity contribution >= 4 is 21.9 Å². The van der Waals surface area contributed by atoms with Crippen LogP contribution < -0.4 is 0 Å². The fourth-order valence-electron chi connectivity index (χ4n) is 4.77. The van der Waals surface area contributed by atoms with Crippen LogP contribution in [0.4, 0.5) is 0 Å². The fraction of sp³-hybridized carbons (Fsp3) is 0.652. The van der Waals surface area contributed by atoms with Gasteiger partial charge in [-0.2, -0.15) is 4.31 Å². The molecule has 0 unspecified atom stereocenters. The van der Waals surface area contributed by atoms with Crippen molar-refractivity contribution in [2.45, 2.75) is 43.8 Å². The zero-order chi connectivity index (χ0) is 23.4. The average Bonchev–Trinajstić information content (AvgIpc) is 3.39. The van der Waals surface area contributed by atoms with Crippen molar-refractivity contribution in [3.8, 4) is 0 Å². The number of piperidine rings is 2. The van der Waals surface area contributed by atoms with Crippen LogP contribution in [0.15, 0.2) is 29.2 Å². The molecule has 0 spiro atoms. The van der Waals surface area contributed by atoms with Crippen molar-refractivity contribution in [3.05, 3.63) is 29.8 Å². The molecule has 0 aliphatic carbocycles. The van der Waals surface area contributed by atoms with Crippen LogP contribution in [0.25, 0.3) is 0 Å². The van der Waals surface area contributed by atoms with Gasteiger partial charge in [0.1, 0.15) is 0 Å². The van der Waals surface area contributed by atoms with E-state index in [-0.39, 0.29) is 29.6 Å². The molecule has 0 N–H and O–H groups in total. The maximum Gasteiger partial charge on any atom is 0.338 e. The molecule has 0 radical (unpaired) electrons. The molecule has 3 aliphatic rings. The van der Waals surface area contributed by atoms with Gasteiger partial charge in [-0.15, -0.1) is 0 Å². The van der Waals surface area contributed by atoms with E-state index in [2.05, 4.69) is 0 Å². The maximum absolute atomic E-state index is 13.0. The Balaban J connectivity index is 1.29. The van der Waals surface area contributed by atoms with Crippen LogP contribution in [-0.2, 0) is 29.0 Å². The molecule has 4 rings (SSSR count). The molecule has 0 bridgehead atoms. The number of hydrogen-bond acceptors (Lipinski definition) is 7. The average molecular weight is 481 g/mol. The highest BCUT2D eigenvalue weighted by Crippen LogP contribution is 2.29. The lowest BCUT2D eigenvalue weighted by molar-refractivity contribution is -0.142. The van der Waals surface area contributed by atoms with Crippen molar-refractivity contribution < 1.29 is 32.2 Å². The minimum Gasteiger partial charge on any atom is -0.462 e. The summed E-state index contributed by atoms with van der Waals surface area (Å²) in [5.74, 6) is -0.178. The molecular formula is C23H32N2O7S. The smallest absolute Gasteiger partial charge is 0.338 e. The van der Waals surface area contributed by atoms with Gasteiger partial charge in [-0.3, -0.25) is 4.79 Å². The van der Waals surface area contributed by atoms with Crippen LogP contribution in [0, 0.1) is 11.8 Å². The summed E-state index contributed by atoms with van der Waals surface area (Å²) in [5, 5.41) is 0. The second-order valence-corrected chi connectivity index (χ2v) is 10.6. The lowest BCUT2D eigenvalue weighted by Gasteiger charge is -2.37. The third-order valence-corrected chi connectivity index (χ3v) is 8.60. The van der Waals surface area contributed by atoms with Crippen molar-refractivity contribution in [3.63, 3.8) is 0 Å². The second-order valence-electron chi connectivity index (χ2n) is 8.70. The molecule has 33 heavy (non-hydrogen) atoms. The Morgan fingerprint density at radius 2 is 1.58 bits per heavy atom. The van der Waals surface area contributed by atoms with E-state index in [0.717, 1.165) is 12.8 Å². The van der Waals surface area contributed by atoms with E-state index in [1.807, 2.05) is 4.90 Å². The summed E-state index contributed by atoms with van der Waals surface area (Å²) in [4.78, 5) is 26.9. The quantitative estimate of drug-likeness (QED) is 0.573. The van der Waals surface area contributed by atoms with Gasteiger partial charge in [-0.1, -0.05) is 0 Å². The number of sulfonamides is 1. The van der Waals surface area contributed by atoms with Gasteiger partial charge in [0.15, 0.2) is 6.29 Å². The highest BCUT2D eigenvalue weighted by Gasteiger charge is 2.36. The van der Waals surface area contributed by atoms with Gasteiger partial charge in [-0.25, -0.2) is 13.2 Å². The predicted molar refractivity (Wildman–Crippen MR) is 119 cm³/mol. The number of amides is 1. The van der Waals surface area contributed by atoms with Gasteiger partial charge in [0, 0.05) is 38.0 Å². The van der Waals surface area contributed by atoms with E-state index in [1.165, 1.54) is 28.6 Å². The van der Waals surface area contributed by atoms with Gasteiger partial charge in [0.25, 0.3) is 0 Å². The number of esters is 1. The van der Waals surface area contributed by atoms with Crippen molar-refractivity contribution in [2.75, 3.05) is 46.0 Å². The molecule has 9 nitrogen and oxygen atoms in total. The Morgan fingerprint density at radius 1 is 0.970 bits per heavy atom. The standard InChI is InChI=1S/C23H32N2O7S/c1-2-30-22(27)18-3-5-20(6-4-18)33(28,29)25-13-9-17(10-14-25)21(26)24-11-7-19(8-12-24)23-31-15-16-32-23/h3-6,17,19,23H,2,7-16H2,1H3. The number of nitrogens with zero attached hydrogens (tertiary/aromatic N) is 2. The number of carbonyl (C=O) groups is 2. The molecule has 1 amide bonds. The van der Waals surface area contributed by atoms with E-state index in [9.17, 15) is 18.0 Å². The van der Waals surface area contributed by atoms with Crippen molar-refractivity contribution in [1.82, 2.24) is 9.21 Å². The third-order valence-electron chi connectivity index (χ3n) is 6.69. The molecule has 10 heteroatoms. The van der Waals surface area contributed by atoms with Crippen LogP contribution in [0.1, 0.15) is 43.0 Å². The number of rotatable bonds is 6. The minimum absolute atomic E-state index is 0.123. The zero-order valence-electron chi connectivity index (χ0n) is 19.0. The lowest BCUT2D eigenvalue weighted by atomic mass is 9.92. The highest BCUT2D eigenvalue weighted by atomic mass is 32.2. The van der Waals surface area contributed by atoms with Crippen LogP contribution in [0.3, 0.4) is 0 Å². The van der Waals surface area contributed by atoms with E-state index < -0.39 is 16.0 Å². The molecule has 3 saturated heterocycles. The maximum atomic E-state index is 13.0. The van der Waals surface area contributed by atoms with Gasteiger partial charge >= 0.3 is 5.97 Å². The summed E-state index contributed by atoms with van der Waals surface area (Å²) in [6, 6.07) is 5.79. The Kier molecular flexibility index (Phi) is 7.68. The normalized spacial score (nSPS) is 21.9. The number of hydrogen-bond donors (Lipinski definition) is 0. The van der Waals surface area contributed by atoms with Crippen LogP contribution in [-0.4, -0.2) is 81.8 Å². The lowest BCUT2D eigenvalue weighted by Crippen LogP contribution is -2.47. The SMILES string of the molecule is CCOC(=O)c1ccc(S(=O)(=O)N2CCC(C(=O)N3CCC(C4OCCO4)CC3)CC2)cc1. The van der Waals surface area contributed by atoms with Gasteiger partial charge in [-0.05, 0) is 56.9 Å². The predicted octanol–water partition coefficient (Wildman–Crippen LogP) is 1.88. The molecule has 1 aromatic rings. The van der Waals surface area contributed by atoms with Gasteiger partial charge < -0.3 is 19.1 Å². The highest BCUT2D eigenvalue weighted by molar-refractivity contribution is 7.89. The van der Waals surface area contributed by atoms with Crippen LogP contribution in [0.5, 0.6) is 0 Å². The molecule has 3 fully saturated rings. The molecule has 3 heterocycles. The van der Waals surface area contributed by atoms with E-state index in [1.54, 1.807) is 6.92 Å². The first-order valence-electron chi connectivity index (χ1n) is 11.7. The fourth-order valence-corrected chi connectivity index (χ4v) is 6.24. The zero-order valence-corrected chi connectivity index (χ0v) is 19.8. The summed E-state index contributed by atoms with van der Waals surface area (Å²) in [7, 11) is -3.68. The molecule has 3 aliphatic heterocycles. The van der Waals surface area contributed by atoms with Crippen LogP contribution >= 0.6 is 0 Å². The number of benzene rings is 1.